The van der Waals surface area contributed by atoms with E-state index in [0.29, 0.717) is 11.4 Å². The molecule has 0 radical (unpaired) electrons. The third-order valence-corrected chi connectivity index (χ3v) is 5.20. The highest BCUT2D eigenvalue weighted by Gasteiger charge is 2.23. The molecule has 152 valence electrons. The number of sulfone groups is 1. The number of benzene rings is 2. The van der Waals surface area contributed by atoms with E-state index in [9.17, 15) is 28.1 Å². The summed E-state index contributed by atoms with van der Waals surface area (Å²) in [5, 5.41) is 19.0. The maximum atomic E-state index is 12.5. The smallest absolute Gasteiger partial charge is 0.319 e. The molecule has 1 aliphatic rings. The van der Waals surface area contributed by atoms with Gasteiger partial charge in [0.1, 0.15) is 0 Å². The van der Waals surface area contributed by atoms with Crippen molar-refractivity contribution in [2.45, 2.75) is 23.8 Å². The Balaban J connectivity index is 1.73. The van der Waals surface area contributed by atoms with Crippen LogP contribution in [-0.2, 0) is 9.84 Å². The highest BCUT2D eigenvalue weighted by atomic mass is 32.2. The van der Waals surface area contributed by atoms with Crippen LogP contribution in [0.15, 0.2) is 47.4 Å². The third kappa shape index (κ3) is 5.51. The standard InChI is InChI=1S/C18H18N4O6S/c1-29(27,28)16-9-11(8-15(10-16)22(25)26)17(23)19-12-2-4-13(5-3-12)20-18(24)21-14-6-7-14/h2-5,8-10,14H,6-7H2,1H3,(H,19,23)(H2,20,21,24). The van der Waals surface area contributed by atoms with Crippen LogP contribution in [0.5, 0.6) is 0 Å². The quantitative estimate of drug-likeness (QED) is 0.485. The molecule has 1 saturated carbocycles. The Bertz CT molecular complexity index is 1080. The second-order valence-corrected chi connectivity index (χ2v) is 8.66. The second-order valence-electron chi connectivity index (χ2n) is 6.65. The molecule has 3 rings (SSSR count). The number of hydrogen-bond acceptors (Lipinski definition) is 6. The topological polar surface area (TPSA) is 148 Å². The molecule has 0 saturated heterocycles. The minimum atomic E-state index is -3.74. The minimum absolute atomic E-state index is 0.161. The number of carbonyl (C=O) groups is 2. The van der Waals surface area contributed by atoms with Crippen LogP contribution in [-0.4, -0.2) is 37.6 Å². The zero-order chi connectivity index (χ0) is 21.2. The van der Waals surface area contributed by atoms with E-state index < -0.39 is 26.4 Å². The number of carbonyl (C=O) groups excluding carboxylic acids is 2. The molecule has 0 heterocycles. The summed E-state index contributed by atoms with van der Waals surface area (Å²) in [6.45, 7) is 0. The first-order valence-corrected chi connectivity index (χ1v) is 10.5. The molecule has 2 aromatic rings. The van der Waals surface area contributed by atoms with Crippen molar-refractivity contribution >= 4 is 38.8 Å². The van der Waals surface area contributed by atoms with Gasteiger partial charge in [0.15, 0.2) is 9.84 Å². The van der Waals surface area contributed by atoms with E-state index in [1.54, 1.807) is 24.3 Å². The molecule has 10 nitrogen and oxygen atoms in total. The largest absolute Gasteiger partial charge is 0.335 e. The molecule has 0 spiro atoms. The summed E-state index contributed by atoms with van der Waals surface area (Å²) in [5.41, 5.74) is 0.233. The van der Waals surface area contributed by atoms with Crippen molar-refractivity contribution in [2.75, 3.05) is 16.9 Å². The first kappa shape index (κ1) is 20.3. The molecule has 1 aliphatic carbocycles. The monoisotopic (exact) mass is 418 g/mol. The summed E-state index contributed by atoms with van der Waals surface area (Å²) in [6.07, 6.45) is 2.84. The summed E-state index contributed by atoms with van der Waals surface area (Å²) < 4.78 is 23.5. The summed E-state index contributed by atoms with van der Waals surface area (Å²) in [4.78, 5) is 34.1. The van der Waals surface area contributed by atoms with Gasteiger partial charge in [0.25, 0.3) is 11.6 Å². The molecule has 0 bridgehead atoms. The van der Waals surface area contributed by atoms with Gasteiger partial charge >= 0.3 is 6.03 Å². The van der Waals surface area contributed by atoms with Crippen molar-refractivity contribution < 1.29 is 22.9 Å². The number of rotatable bonds is 6. The Morgan fingerprint density at radius 1 is 1.03 bits per heavy atom. The van der Waals surface area contributed by atoms with Gasteiger partial charge in [-0.25, -0.2) is 13.2 Å². The van der Waals surface area contributed by atoms with E-state index in [-0.39, 0.29) is 22.5 Å². The lowest BCUT2D eigenvalue weighted by atomic mass is 10.2. The lowest BCUT2D eigenvalue weighted by Crippen LogP contribution is -2.30. The van der Waals surface area contributed by atoms with Crippen LogP contribution in [0.4, 0.5) is 21.9 Å². The molecule has 29 heavy (non-hydrogen) atoms. The van der Waals surface area contributed by atoms with E-state index in [2.05, 4.69) is 16.0 Å². The lowest BCUT2D eigenvalue weighted by Gasteiger charge is -2.09. The highest BCUT2D eigenvalue weighted by Crippen LogP contribution is 2.23. The van der Waals surface area contributed by atoms with Crippen molar-refractivity contribution in [3.63, 3.8) is 0 Å². The fourth-order valence-electron chi connectivity index (χ4n) is 2.45. The number of nitrogens with zero attached hydrogens (tertiary/aromatic N) is 1. The van der Waals surface area contributed by atoms with E-state index >= 15 is 0 Å². The zero-order valence-electron chi connectivity index (χ0n) is 15.3. The SMILES string of the molecule is CS(=O)(=O)c1cc(C(=O)Nc2ccc(NC(=O)NC3CC3)cc2)cc([N+](=O)[O-])c1. The summed E-state index contributed by atoms with van der Waals surface area (Å²) in [5.74, 6) is -0.703. The van der Waals surface area contributed by atoms with Gasteiger partial charge in [0.2, 0.25) is 0 Å². The Labute approximate surface area is 166 Å². The molecule has 11 heteroatoms. The molecule has 3 N–H and O–H groups in total. The lowest BCUT2D eigenvalue weighted by molar-refractivity contribution is -0.385. The van der Waals surface area contributed by atoms with E-state index in [1.165, 1.54) is 0 Å². The van der Waals surface area contributed by atoms with Gasteiger partial charge in [0, 0.05) is 41.4 Å². The summed E-state index contributed by atoms with van der Waals surface area (Å²) in [7, 11) is -3.74. The van der Waals surface area contributed by atoms with Crippen molar-refractivity contribution in [3.05, 3.63) is 58.1 Å². The Morgan fingerprint density at radius 3 is 2.14 bits per heavy atom. The average Bonchev–Trinajstić information content (AvgIpc) is 3.46. The number of nitro groups is 1. The molecule has 0 atom stereocenters. The van der Waals surface area contributed by atoms with Crippen molar-refractivity contribution in [1.82, 2.24) is 5.32 Å². The fourth-order valence-corrected chi connectivity index (χ4v) is 3.13. The van der Waals surface area contributed by atoms with E-state index in [0.717, 1.165) is 37.3 Å². The van der Waals surface area contributed by atoms with Crippen molar-refractivity contribution in [3.8, 4) is 0 Å². The second kappa shape index (κ2) is 7.87. The zero-order valence-corrected chi connectivity index (χ0v) is 16.2. The third-order valence-electron chi connectivity index (χ3n) is 4.11. The molecule has 0 aliphatic heterocycles. The Hall–Kier alpha value is -3.47. The fraction of sp³-hybridized carbons (Fsp3) is 0.222. The number of amides is 3. The minimum Gasteiger partial charge on any atom is -0.335 e. The van der Waals surface area contributed by atoms with E-state index in [1.807, 2.05) is 0 Å². The molecule has 2 aromatic carbocycles. The van der Waals surface area contributed by atoms with Crippen LogP contribution in [0.25, 0.3) is 0 Å². The molecule has 3 amide bonds. The predicted octanol–water partition coefficient (Wildman–Crippen LogP) is 2.53. The van der Waals surface area contributed by atoms with E-state index in [4.69, 9.17) is 0 Å². The predicted molar refractivity (Wildman–Crippen MR) is 106 cm³/mol. The Morgan fingerprint density at radius 2 is 1.62 bits per heavy atom. The van der Waals surface area contributed by atoms with Gasteiger partial charge in [-0.2, -0.15) is 0 Å². The van der Waals surface area contributed by atoms with Gasteiger partial charge in [-0.15, -0.1) is 0 Å². The number of non-ortho nitro benzene ring substituents is 1. The Kier molecular flexibility index (Phi) is 5.50. The van der Waals surface area contributed by atoms with Crippen LogP contribution in [0.2, 0.25) is 0 Å². The normalized spacial score (nSPS) is 13.4. The molecule has 1 fully saturated rings. The van der Waals surface area contributed by atoms with Gasteiger partial charge in [-0.05, 0) is 43.2 Å². The maximum absolute atomic E-state index is 12.5. The molecule has 0 aromatic heterocycles. The number of hydrogen-bond donors (Lipinski definition) is 3. The van der Waals surface area contributed by atoms with Gasteiger partial charge < -0.3 is 16.0 Å². The highest BCUT2D eigenvalue weighted by molar-refractivity contribution is 7.90. The number of nitrogens with one attached hydrogen (secondary N) is 3. The van der Waals surface area contributed by atoms with Crippen LogP contribution in [0, 0.1) is 10.1 Å². The van der Waals surface area contributed by atoms with Gasteiger partial charge in [-0.1, -0.05) is 0 Å². The molecular weight excluding hydrogens is 400 g/mol. The first-order valence-electron chi connectivity index (χ1n) is 8.60. The van der Waals surface area contributed by atoms with Crippen LogP contribution >= 0.6 is 0 Å². The molecular formula is C18H18N4O6S. The van der Waals surface area contributed by atoms with Gasteiger partial charge in [-0.3, -0.25) is 14.9 Å². The van der Waals surface area contributed by atoms with Crippen LogP contribution < -0.4 is 16.0 Å². The number of anilines is 2. The number of urea groups is 1. The number of nitro benzene ring substituents is 1. The first-order chi connectivity index (χ1) is 13.6. The average molecular weight is 418 g/mol. The van der Waals surface area contributed by atoms with Crippen molar-refractivity contribution in [2.24, 2.45) is 0 Å². The molecule has 0 unspecified atom stereocenters. The van der Waals surface area contributed by atoms with Gasteiger partial charge in [0.05, 0.1) is 9.82 Å². The summed E-state index contributed by atoms with van der Waals surface area (Å²) >= 11 is 0. The van der Waals surface area contributed by atoms with Crippen molar-refractivity contribution in [1.29, 1.82) is 0 Å². The maximum Gasteiger partial charge on any atom is 0.319 e. The van der Waals surface area contributed by atoms with Crippen LogP contribution in [0.1, 0.15) is 23.2 Å². The summed E-state index contributed by atoms with van der Waals surface area (Å²) in [6, 6.07) is 9.14. The van der Waals surface area contributed by atoms with Crippen LogP contribution in [0.3, 0.4) is 0 Å².